The van der Waals surface area contributed by atoms with Crippen molar-refractivity contribution in [3.8, 4) is 5.75 Å². The first-order chi connectivity index (χ1) is 9.04. The molecule has 2 N–H and O–H groups in total. The van der Waals surface area contributed by atoms with Crippen molar-refractivity contribution >= 4 is 15.9 Å². The Morgan fingerprint density at radius 1 is 1.42 bits per heavy atom. The molecular formula is C14H16BrN3O. The van der Waals surface area contributed by atoms with Crippen molar-refractivity contribution in [2.75, 3.05) is 0 Å². The molecule has 2 atom stereocenters. The molecule has 3 rings (SSSR count). The van der Waals surface area contributed by atoms with Gasteiger partial charge in [-0.15, -0.1) is 0 Å². The summed E-state index contributed by atoms with van der Waals surface area (Å²) < 4.78 is 8.93. The predicted octanol–water partition coefficient (Wildman–Crippen LogP) is 3.01. The Kier molecular flexibility index (Phi) is 3.11. The quantitative estimate of drug-likeness (QED) is 0.878. The maximum absolute atomic E-state index is 6.27. The van der Waals surface area contributed by atoms with Crippen molar-refractivity contribution in [1.82, 2.24) is 9.78 Å². The number of halogens is 1. The highest BCUT2D eigenvalue weighted by atomic mass is 79.9. The Morgan fingerprint density at radius 2 is 2.21 bits per heavy atom. The predicted molar refractivity (Wildman–Crippen MR) is 77.0 cm³/mol. The lowest BCUT2D eigenvalue weighted by molar-refractivity contribution is 0.161. The van der Waals surface area contributed by atoms with Crippen molar-refractivity contribution in [3.63, 3.8) is 0 Å². The lowest BCUT2D eigenvalue weighted by atomic mass is 9.94. The molecule has 2 aromatic rings. The summed E-state index contributed by atoms with van der Waals surface area (Å²) in [4.78, 5) is 0. The van der Waals surface area contributed by atoms with Crippen LogP contribution in [0.25, 0.3) is 0 Å². The van der Waals surface area contributed by atoms with E-state index in [9.17, 15) is 0 Å². The van der Waals surface area contributed by atoms with Gasteiger partial charge in [0.05, 0.1) is 5.69 Å². The summed E-state index contributed by atoms with van der Waals surface area (Å²) in [6, 6.07) is 5.97. The summed E-state index contributed by atoms with van der Waals surface area (Å²) in [5.41, 5.74) is 9.45. The number of nitrogens with two attached hydrogens (primary N) is 1. The van der Waals surface area contributed by atoms with Crippen LogP contribution in [0, 0.1) is 6.92 Å². The summed E-state index contributed by atoms with van der Waals surface area (Å²) in [6.45, 7) is 2.00. The summed E-state index contributed by atoms with van der Waals surface area (Å²) in [5.74, 6) is 0.871. The van der Waals surface area contributed by atoms with Gasteiger partial charge in [0.2, 0.25) is 0 Å². The fourth-order valence-corrected chi connectivity index (χ4v) is 2.98. The average Bonchev–Trinajstić information content (AvgIpc) is 2.69. The minimum Gasteiger partial charge on any atom is -0.485 e. The summed E-state index contributed by atoms with van der Waals surface area (Å²) in [5, 5.41) is 4.37. The Labute approximate surface area is 120 Å². The van der Waals surface area contributed by atoms with Crippen LogP contribution >= 0.6 is 15.9 Å². The van der Waals surface area contributed by atoms with E-state index in [1.165, 1.54) is 0 Å². The molecule has 0 bridgehead atoms. The number of nitrogens with zero attached hydrogens (tertiary/aromatic N) is 2. The Morgan fingerprint density at radius 3 is 2.89 bits per heavy atom. The van der Waals surface area contributed by atoms with E-state index in [4.69, 9.17) is 10.5 Å². The number of ether oxygens (including phenoxy) is 1. The SMILES string of the molecule is Cc1nn(C)cc1C1CC(N)c2cc(Br)ccc2O1. The minimum atomic E-state index is -0.0163. The lowest BCUT2D eigenvalue weighted by Crippen LogP contribution is -2.24. The molecule has 2 heterocycles. The van der Waals surface area contributed by atoms with Crippen LogP contribution < -0.4 is 10.5 Å². The zero-order valence-corrected chi connectivity index (χ0v) is 12.5. The number of fused-ring (bicyclic) bond motifs is 1. The first-order valence-corrected chi connectivity index (χ1v) is 7.05. The topological polar surface area (TPSA) is 53.1 Å². The summed E-state index contributed by atoms with van der Waals surface area (Å²) in [6.07, 6.45) is 2.77. The maximum Gasteiger partial charge on any atom is 0.129 e. The van der Waals surface area contributed by atoms with Crippen molar-refractivity contribution in [3.05, 3.63) is 45.7 Å². The van der Waals surface area contributed by atoms with Gasteiger partial charge in [0.15, 0.2) is 0 Å². The number of hydrogen-bond donors (Lipinski definition) is 1. The van der Waals surface area contributed by atoms with Crippen LogP contribution in [0.1, 0.15) is 35.4 Å². The molecule has 0 fully saturated rings. The number of aromatic nitrogens is 2. The molecule has 0 radical (unpaired) electrons. The van der Waals surface area contributed by atoms with E-state index in [1.807, 2.05) is 43.0 Å². The van der Waals surface area contributed by atoms with Crippen molar-refractivity contribution in [2.45, 2.75) is 25.5 Å². The third-order valence-electron chi connectivity index (χ3n) is 3.51. The second-order valence-electron chi connectivity index (χ2n) is 4.97. The van der Waals surface area contributed by atoms with Crippen LogP contribution in [0.5, 0.6) is 5.75 Å². The fraction of sp³-hybridized carbons (Fsp3) is 0.357. The normalized spacial score (nSPS) is 21.9. The van der Waals surface area contributed by atoms with Crippen LogP contribution in [0.3, 0.4) is 0 Å². The van der Waals surface area contributed by atoms with Gasteiger partial charge in [-0.1, -0.05) is 15.9 Å². The monoisotopic (exact) mass is 321 g/mol. The highest BCUT2D eigenvalue weighted by molar-refractivity contribution is 9.10. The molecule has 0 saturated carbocycles. The maximum atomic E-state index is 6.27. The molecule has 100 valence electrons. The van der Waals surface area contributed by atoms with Gasteiger partial charge in [0.25, 0.3) is 0 Å². The highest BCUT2D eigenvalue weighted by Gasteiger charge is 2.29. The molecule has 4 nitrogen and oxygen atoms in total. The third-order valence-corrected chi connectivity index (χ3v) is 4.00. The second kappa shape index (κ2) is 4.65. The Balaban J connectivity index is 1.97. The van der Waals surface area contributed by atoms with Gasteiger partial charge in [-0.2, -0.15) is 5.10 Å². The second-order valence-corrected chi connectivity index (χ2v) is 5.89. The first kappa shape index (κ1) is 12.7. The third kappa shape index (κ3) is 2.28. The highest BCUT2D eigenvalue weighted by Crippen LogP contribution is 2.41. The number of hydrogen-bond acceptors (Lipinski definition) is 3. The molecule has 2 unspecified atom stereocenters. The zero-order chi connectivity index (χ0) is 13.6. The van der Waals surface area contributed by atoms with E-state index in [0.717, 1.165) is 33.5 Å². The van der Waals surface area contributed by atoms with Gasteiger partial charge >= 0.3 is 0 Å². The van der Waals surface area contributed by atoms with E-state index in [0.29, 0.717) is 0 Å². The van der Waals surface area contributed by atoms with Gasteiger partial charge in [-0.3, -0.25) is 4.68 Å². The number of aryl methyl sites for hydroxylation is 2. The molecule has 1 aromatic carbocycles. The van der Waals surface area contributed by atoms with Crippen molar-refractivity contribution in [2.24, 2.45) is 12.8 Å². The standard InChI is InChI=1S/C14H16BrN3O/c1-8-11(7-18(2)17-8)14-6-12(16)10-5-9(15)3-4-13(10)19-14/h3-5,7,12,14H,6,16H2,1-2H3. The molecule has 0 amide bonds. The molecule has 5 heteroatoms. The summed E-state index contributed by atoms with van der Waals surface area (Å²) in [7, 11) is 1.92. The zero-order valence-electron chi connectivity index (χ0n) is 10.9. The average molecular weight is 322 g/mol. The largest absolute Gasteiger partial charge is 0.485 e. The number of rotatable bonds is 1. The van der Waals surface area contributed by atoms with Crippen molar-refractivity contribution < 1.29 is 4.74 Å². The van der Waals surface area contributed by atoms with Crippen LogP contribution in [0.2, 0.25) is 0 Å². The molecule has 0 spiro atoms. The van der Waals surface area contributed by atoms with Crippen molar-refractivity contribution in [1.29, 1.82) is 0 Å². The molecule has 0 saturated heterocycles. The minimum absolute atomic E-state index is 0.00847. The van der Waals surface area contributed by atoms with Crippen LogP contribution in [0.4, 0.5) is 0 Å². The first-order valence-electron chi connectivity index (χ1n) is 6.26. The Hall–Kier alpha value is -1.33. The van der Waals surface area contributed by atoms with E-state index in [1.54, 1.807) is 0 Å². The van der Waals surface area contributed by atoms with Gasteiger partial charge < -0.3 is 10.5 Å². The van der Waals surface area contributed by atoms with E-state index >= 15 is 0 Å². The summed E-state index contributed by atoms with van der Waals surface area (Å²) >= 11 is 3.47. The van der Waals surface area contributed by atoms with Crippen LogP contribution in [0.15, 0.2) is 28.9 Å². The van der Waals surface area contributed by atoms with Gasteiger partial charge in [-0.05, 0) is 25.1 Å². The molecule has 1 aliphatic heterocycles. The molecular weight excluding hydrogens is 306 g/mol. The van der Waals surface area contributed by atoms with Crippen LogP contribution in [-0.2, 0) is 7.05 Å². The van der Waals surface area contributed by atoms with E-state index in [2.05, 4.69) is 21.0 Å². The lowest BCUT2D eigenvalue weighted by Gasteiger charge is -2.30. The number of benzene rings is 1. The fourth-order valence-electron chi connectivity index (χ4n) is 2.60. The van der Waals surface area contributed by atoms with Gasteiger partial charge in [-0.25, -0.2) is 0 Å². The Bertz CT molecular complexity index is 623. The molecule has 0 aliphatic carbocycles. The van der Waals surface area contributed by atoms with Gasteiger partial charge in [0.1, 0.15) is 11.9 Å². The van der Waals surface area contributed by atoms with E-state index < -0.39 is 0 Å². The molecule has 1 aromatic heterocycles. The molecule has 1 aliphatic rings. The van der Waals surface area contributed by atoms with Crippen LogP contribution in [-0.4, -0.2) is 9.78 Å². The molecule has 19 heavy (non-hydrogen) atoms. The van der Waals surface area contributed by atoms with E-state index in [-0.39, 0.29) is 12.1 Å². The smallest absolute Gasteiger partial charge is 0.129 e. The van der Waals surface area contributed by atoms with Gasteiger partial charge in [0, 0.05) is 41.3 Å².